The molecular weight excluding hydrogens is 310 g/mol. The Kier molecular flexibility index (Phi) is 6.71. The highest BCUT2D eigenvalue weighted by molar-refractivity contribution is 5.41. The van der Waals surface area contributed by atoms with E-state index < -0.39 is 0 Å². The molecule has 1 aliphatic heterocycles. The van der Waals surface area contributed by atoms with Crippen molar-refractivity contribution in [2.45, 2.75) is 26.3 Å². The van der Waals surface area contributed by atoms with Gasteiger partial charge in [-0.1, -0.05) is 43.3 Å². The smallest absolute Gasteiger partial charge is 0.123 e. The third-order valence-electron chi connectivity index (χ3n) is 4.66. The van der Waals surface area contributed by atoms with Crippen LogP contribution in [0.3, 0.4) is 0 Å². The molecule has 0 spiro atoms. The highest BCUT2D eigenvalue weighted by Gasteiger charge is 2.15. The summed E-state index contributed by atoms with van der Waals surface area (Å²) in [5, 5.41) is 0. The van der Waals surface area contributed by atoms with E-state index in [4.69, 9.17) is 4.74 Å². The van der Waals surface area contributed by atoms with Gasteiger partial charge in [-0.15, -0.1) is 0 Å². The van der Waals surface area contributed by atoms with Crippen LogP contribution in [0.15, 0.2) is 54.6 Å². The summed E-state index contributed by atoms with van der Waals surface area (Å²) in [7, 11) is 0. The molecule has 0 radical (unpaired) electrons. The van der Waals surface area contributed by atoms with Crippen LogP contribution in [0.25, 0.3) is 0 Å². The summed E-state index contributed by atoms with van der Waals surface area (Å²) >= 11 is 0. The minimum Gasteiger partial charge on any atom is -0.492 e. The number of rotatable bonds is 8. The molecule has 1 atom stereocenters. The molecule has 1 saturated heterocycles. The van der Waals surface area contributed by atoms with E-state index in [2.05, 4.69) is 40.9 Å². The van der Waals surface area contributed by atoms with Gasteiger partial charge in [0, 0.05) is 30.9 Å². The lowest BCUT2D eigenvalue weighted by atomic mass is 10.0. The standard InChI is InChI=1S/C21H29N3O/c1-18-8-7-13-24(17-18)14-15-25-21-12-6-5-9-19(21)16-22-23-20-10-3-2-4-11-20/h2-6,9-12,18,22-23H,7-8,13-17H2,1H3. The Morgan fingerprint density at radius 2 is 1.88 bits per heavy atom. The van der Waals surface area contributed by atoms with Crippen LogP contribution in [0, 0.1) is 5.92 Å². The van der Waals surface area contributed by atoms with Crippen LogP contribution in [-0.2, 0) is 6.54 Å². The molecule has 1 heterocycles. The molecule has 0 aliphatic carbocycles. The van der Waals surface area contributed by atoms with Gasteiger partial charge in [0.05, 0.1) is 0 Å². The largest absolute Gasteiger partial charge is 0.492 e. The molecule has 2 aromatic carbocycles. The third kappa shape index (κ3) is 5.76. The summed E-state index contributed by atoms with van der Waals surface area (Å²) in [5.41, 5.74) is 8.70. The van der Waals surface area contributed by atoms with Crippen molar-refractivity contribution in [2.75, 3.05) is 31.7 Å². The number of nitrogens with zero attached hydrogens (tertiary/aromatic N) is 1. The number of hydrogen-bond donors (Lipinski definition) is 2. The van der Waals surface area contributed by atoms with Crippen LogP contribution in [0.2, 0.25) is 0 Å². The maximum atomic E-state index is 6.07. The van der Waals surface area contributed by atoms with Crippen molar-refractivity contribution < 1.29 is 4.74 Å². The van der Waals surface area contributed by atoms with Crippen LogP contribution in [-0.4, -0.2) is 31.1 Å². The Balaban J connectivity index is 1.45. The maximum absolute atomic E-state index is 6.07. The highest BCUT2D eigenvalue weighted by Crippen LogP contribution is 2.19. The van der Waals surface area contributed by atoms with Crippen molar-refractivity contribution in [1.82, 2.24) is 10.3 Å². The fourth-order valence-electron chi connectivity index (χ4n) is 3.33. The summed E-state index contributed by atoms with van der Waals surface area (Å²) in [6.07, 6.45) is 2.67. The van der Waals surface area contributed by atoms with Crippen LogP contribution in [0.1, 0.15) is 25.3 Å². The van der Waals surface area contributed by atoms with E-state index in [1.54, 1.807) is 0 Å². The van der Waals surface area contributed by atoms with Crippen molar-refractivity contribution in [3.05, 3.63) is 60.2 Å². The first-order valence-corrected chi connectivity index (χ1v) is 9.28. The Labute approximate surface area is 151 Å². The Morgan fingerprint density at radius 3 is 2.72 bits per heavy atom. The number of ether oxygens (including phenoxy) is 1. The first kappa shape index (κ1) is 17.8. The monoisotopic (exact) mass is 339 g/mol. The summed E-state index contributed by atoms with van der Waals surface area (Å²) in [5.74, 6) is 1.78. The average Bonchev–Trinajstić information content (AvgIpc) is 2.64. The van der Waals surface area contributed by atoms with Gasteiger partial charge in [0.25, 0.3) is 0 Å². The molecule has 2 N–H and O–H groups in total. The molecule has 1 unspecified atom stereocenters. The molecule has 1 fully saturated rings. The van der Waals surface area contributed by atoms with Gasteiger partial charge in [-0.3, -0.25) is 4.90 Å². The molecular formula is C21H29N3O. The third-order valence-corrected chi connectivity index (χ3v) is 4.66. The number of anilines is 1. The van der Waals surface area contributed by atoms with Crippen molar-refractivity contribution in [1.29, 1.82) is 0 Å². The molecule has 134 valence electrons. The van der Waals surface area contributed by atoms with Gasteiger partial charge in [-0.05, 0) is 43.5 Å². The van der Waals surface area contributed by atoms with E-state index in [1.807, 2.05) is 36.4 Å². The lowest BCUT2D eigenvalue weighted by Gasteiger charge is -2.30. The summed E-state index contributed by atoms with van der Waals surface area (Å²) in [6.45, 7) is 7.22. The van der Waals surface area contributed by atoms with Gasteiger partial charge in [-0.25, -0.2) is 5.43 Å². The number of likely N-dealkylation sites (tertiary alicyclic amines) is 1. The lowest BCUT2D eigenvalue weighted by molar-refractivity contribution is 0.153. The van der Waals surface area contributed by atoms with Gasteiger partial charge in [-0.2, -0.15) is 0 Å². The molecule has 4 heteroatoms. The molecule has 1 aliphatic rings. The molecule has 0 saturated carbocycles. The van der Waals surface area contributed by atoms with Crippen molar-refractivity contribution in [2.24, 2.45) is 5.92 Å². The van der Waals surface area contributed by atoms with E-state index >= 15 is 0 Å². The predicted molar refractivity (Wildman–Crippen MR) is 104 cm³/mol. The van der Waals surface area contributed by atoms with E-state index in [0.29, 0.717) is 6.54 Å². The van der Waals surface area contributed by atoms with Gasteiger partial charge < -0.3 is 10.2 Å². The zero-order valence-electron chi connectivity index (χ0n) is 15.1. The molecule has 4 nitrogen and oxygen atoms in total. The SMILES string of the molecule is CC1CCCN(CCOc2ccccc2CNNc2ccccc2)C1. The van der Waals surface area contributed by atoms with Gasteiger partial charge in [0.1, 0.15) is 12.4 Å². The highest BCUT2D eigenvalue weighted by atomic mass is 16.5. The van der Waals surface area contributed by atoms with Gasteiger partial charge >= 0.3 is 0 Å². The van der Waals surface area contributed by atoms with Crippen LogP contribution in [0.4, 0.5) is 5.69 Å². The second-order valence-corrected chi connectivity index (χ2v) is 6.85. The zero-order chi connectivity index (χ0) is 17.3. The molecule has 3 rings (SSSR count). The summed E-state index contributed by atoms with van der Waals surface area (Å²) in [6, 6.07) is 18.4. The van der Waals surface area contributed by atoms with Crippen LogP contribution in [0.5, 0.6) is 5.75 Å². The van der Waals surface area contributed by atoms with Gasteiger partial charge in [0.15, 0.2) is 0 Å². The number of benzene rings is 2. The predicted octanol–water partition coefficient (Wildman–Crippen LogP) is 3.91. The minimum atomic E-state index is 0.714. The second kappa shape index (κ2) is 9.44. The van der Waals surface area contributed by atoms with E-state index in [9.17, 15) is 0 Å². The van der Waals surface area contributed by atoms with Gasteiger partial charge in [0.2, 0.25) is 0 Å². The molecule has 0 amide bonds. The molecule has 0 aromatic heterocycles. The number of hydrogen-bond acceptors (Lipinski definition) is 4. The Morgan fingerprint density at radius 1 is 1.08 bits per heavy atom. The minimum absolute atomic E-state index is 0.714. The number of para-hydroxylation sites is 2. The normalized spacial score (nSPS) is 18.0. The molecule has 25 heavy (non-hydrogen) atoms. The maximum Gasteiger partial charge on any atom is 0.123 e. The van der Waals surface area contributed by atoms with Crippen molar-refractivity contribution in [3.63, 3.8) is 0 Å². The topological polar surface area (TPSA) is 36.5 Å². The summed E-state index contributed by atoms with van der Waals surface area (Å²) in [4.78, 5) is 2.52. The Bertz CT molecular complexity index is 632. The van der Waals surface area contributed by atoms with E-state index in [1.165, 1.54) is 25.9 Å². The zero-order valence-corrected chi connectivity index (χ0v) is 15.1. The average molecular weight is 339 g/mol. The quantitative estimate of drug-likeness (QED) is 0.715. The van der Waals surface area contributed by atoms with Crippen molar-refractivity contribution >= 4 is 5.69 Å². The van der Waals surface area contributed by atoms with Crippen LogP contribution < -0.4 is 15.6 Å². The number of nitrogens with one attached hydrogen (secondary N) is 2. The second-order valence-electron chi connectivity index (χ2n) is 6.85. The van der Waals surface area contributed by atoms with E-state index in [-0.39, 0.29) is 0 Å². The van der Waals surface area contributed by atoms with Crippen molar-refractivity contribution in [3.8, 4) is 5.75 Å². The van der Waals surface area contributed by atoms with Crippen LogP contribution >= 0.6 is 0 Å². The first-order chi connectivity index (χ1) is 12.3. The Hall–Kier alpha value is -2.04. The molecule has 2 aromatic rings. The lowest BCUT2D eigenvalue weighted by Crippen LogP contribution is -2.37. The fourth-order valence-corrected chi connectivity index (χ4v) is 3.33. The molecule has 0 bridgehead atoms. The van der Waals surface area contributed by atoms with E-state index in [0.717, 1.165) is 36.1 Å². The summed E-state index contributed by atoms with van der Waals surface area (Å²) < 4.78 is 6.07. The number of hydrazine groups is 1. The first-order valence-electron chi connectivity index (χ1n) is 9.28. The fraction of sp³-hybridized carbons (Fsp3) is 0.429. The number of piperidine rings is 1.